The van der Waals surface area contributed by atoms with Crippen LogP contribution in [0, 0.1) is 0 Å². The minimum atomic E-state index is -0.815. The zero-order valence-electron chi connectivity index (χ0n) is 12.1. The van der Waals surface area contributed by atoms with Crippen molar-refractivity contribution in [2.24, 2.45) is 0 Å². The monoisotopic (exact) mass is 353 g/mol. The third kappa shape index (κ3) is 6.98. The van der Waals surface area contributed by atoms with Crippen LogP contribution in [-0.4, -0.2) is 46.6 Å². The van der Waals surface area contributed by atoms with Gasteiger partial charge in [0, 0.05) is 28.9 Å². The van der Waals surface area contributed by atoms with Crippen molar-refractivity contribution in [1.29, 1.82) is 0 Å². The molecule has 0 radical (unpaired) electrons. The molecule has 0 aliphatic heterocycles. The normalized spacial score (nSPS) is 15.5. The van der Waals surface area contributed by atoms with Crippen molar-refractivity contribution in [3.05, 3.63) is 28.2 Å². The van der Waals surface area contributed by atoms with Crippen LogP contribution in [0.5, 0.6) is 5.75 Å². The van der Waals surface area contributed by atoms with Crippen LogP contribution in [0.25, 0.3) is 0 Å². The molecule has 0 spiro atoms. The molecule has 120 valence electrons. The number of halogens is 2. The standard InChI is InChI=1S/C14H21Cl2NO3S/c1-10(21(2)19)6-7-17-8-11(18)9-20-14-12(15)4-3-5-13(14)16/h3-5,10-11,17-18H,6-9H2,1-2H3. The van der Waals surface area contributed by atoms with Crippen LogP contribution >= 0.6 is 23.2 Å². The first-order chi connectivity index (χ1) is 9.91. The zero-order chi connectivity index (χ0) is 15.8. The van der Waals surface area contributed by atoms with E-state index < -0.39 is 16.9 Å². The van der Waals surface area contributed by atoms with Crippen molar-refractivity contribution in [2.75, 3.05) is 26.0 Å². The van der Waals surface area contributed by atoms with Crippen molar-refractivity contribution >= 4 is 34.0 Å². The molecule has 0 saturated carbocycles. The SMILES string of the molecule is CC(CCNCC(O)COc1c(Cl)cccc1Cl)S(C)=O. The highest BCUT2D eigenvalue weighted by Gasteiger charge is 2.11. The molecule has 0 aliphatic carbocycles. The van der Waals surface area contributed by atoms with Crippen molar-refractivity contribution in [3.8, 4) is 5.75 Å². The predicted molar refractivity (Wildman–Crippen MR) is 89.0 cm³/mol. The quantitative estimate of drug-likeness (QED) is 0.669. The summed E-state index contributed by atoms with van der Waals surface area (Å²) in [6.45, 7) is 3.14. The average molecular weight is 354 g/mol. The Labute approximate surface area is 138 Å². The molecule has 0 fully saturated rings. The fourth-order valence-corrected chi connectivity index (χ4v) is 2.56. The summed E-state index contributed by atoms with van der Waals surface area (Å²) in [6.07, 6.45) is 1.83. The lowest BCUT2D eigenvalue weighted by molar-refractivity contribution is 0.106. The summed E-state index contributed by atoms with van der Waals surface area (Å²) in [5.74, 6) is 0.384. The van der Waals surface area contributed by atoms with Crippen LogP contribution in [0.2, 0.25) is 10.0 Å². The molecule has 2 N–H and O–H groups in total. The van der Waals surface area contributed by atoms with Gasteiger partial charge in [-0.1, -0.05) is 36.2 Å². The summed E-state index contributed by atoms with van der Waals surface area (Å²) in [6, 6.07) is 5.09. The fourth-order valence-electron chi connectivity index (χ4n) is 1.60. The van der Waals surface area contributed by atoms with Gasteiger partial charge in [0.2, 0.25) is 0 Å². The molecule has 0 heterocycles. The first kappa shape index (κ1) is 18.7. The molecule has 3 atom stereocenters. The second kappa shape index (κ2) is 9.64. The first-order valence-electron chi connectivity index (χ1n) is 6.69. The van der Waals surface area contributed by atoms with E-state index in [1.54, 1.807) is 24.5 Å². The molecule has 1 aromatic carbocycles. The van der Waals surface area contributed by atoms with Crippen LogP contribution in [0.1, 0.15) is 13.3 Å². The minimum Gasteiger partial charge on any atom is -0.488 e. The maximum Gasteiger partial charge on any atom is 0.156 e. The number of hydrogen-bond acceptors (Lipinski definition) is 4. The maximum absolute atomic E-state index is 11.2. The molecule has 0 bridgehead atoms. The number of para-hydroxylation sites is 1. The van der Waals surface area contributed by atoms with Crippen LogP contribution in [0.3, 0.4) is 0 Å². The van der Waals surface area contributed by atoms with Gasteiger partial charge in [0.15, 0.2) is 5.75 Å². The van der Waals surface area contributed by atoms with Crippen LogP contribution in [0.4, 0.5) is 0 Å². The molecule has 21 heavy (non-hydrogen) atoms. The third-order valence-corrected chi connectivity index (χ3v) is 4.98. The van der Waals surface area contributed by atoms with E-state index >= 15 is 0 Å². The summed E-state index contributed by atoms with van der Waals surface area (Å²) in [5.41, 5.74) is 0. The lowest BCUT2D eigenvalue weighted by Gasteiger charge is -2.15. The van der Waals surface area contributed by atoms with E-state index in [9.17, 15) is 9.32 Å². The van der Waals surface area contributed by atoms with E-state index in [1.165, 1.54) is 0 Å². The largest absolute Gasteiger partial charge is 0.488 e. The fraction of sp³-hybridized carbons (Fsp3) is 0.571. The van der Waals surface area contributed by atoms with Crippen molar-refractivity contribution < 1.29 is 14.1 Å². The Morgan fingerprint density at radius 1 is 1.38 bits per heavy atom. The summed E-state index contributed by atoms with van der Waals surface area (Å²) in [7, 11) is -0.815. The van der Waals surface area contributed by atoms with Gasteiger partial charge in [-0.2, -0.15) is 0 Å². The van der Waals surface area contributed by atoms with Gasteiger partial charge in [-0.05, 0) is 25.1 Å². The number of ether oxygens (including phenoxy) is 1. The number of aliphatic hydroxyl groups is 1. The highest BCUT2D eigenvalue weighted by Crippen LogP contribution is 2.32. The first-order valence-corrected chi connectivity index (χ1v) is 9.07. The predicted octanol–water partition coefficient (Wildman–Crippen LogP) is 2.48. The lowest BCUT2D eigenvalue weighted by atomic mass is 10.3. The second-order valence-electron chi connectivity index (χ2n) is 4.82. The van der Waals surface area contributed by atoms with E-state index in [0.29, 0.717) is 28.9 Å². The Hall–Kier alpha value is -0.330. The Morgan fingerprint density at radius 2 is 2.00 bits per heavy atom. The van der Waals surface area contributed by atoms with Gasteiger partial charge in [-0.15, -0.1) is 0 Å². The van der Waals surface area contributed by atoms with Crippen LogP contribution in [-0.2, 0) is 10.8 Å². The number of benzene rings is 1. The van der Waals surface area contributed by atoms with E-state index in [1.807, 2.05) is 6.92 Å². The highest BCUT2D eigenvalue weighted by atomic mass is 35.5. The van der Waals surface area contributed by atoms with Gasteiger partial charge in [-0.3, -0.25) is 4.21 Å². The number of rotatable bonds is 9. The second-order valence-corrected chi connectivity index (χ2v) is 7.43. The van der Waals surface area contributed by atoms with E-state index in [4.69, 9.17) is 27.9 Å². The Balaban J connectivity index is 2.25. The van der Waals surface area contributed by atoms with Gasteiger partial charge < -0.3 is 15.2 Å². The zero-order valence-corrected chi connectivity index (χ0v) is 14.5. The van der Waals surface area contributed by atoms with Gasteiger partial charge in [0.1, 0.15) is 12.7 Å². The summed E-state index contributed by atoms with van der Waals surface area (Å²) in [5, 5.41) is 13.9. The Kier molecular flexibility index (Phi) is 8.59. The van der Waals surface area contributed by atoms with Crippen molar-refractivity contribution in [3.63, 3.8) is 0 Å². The third-order valence-electron chi connectivity index (χ3n) is 3.01. The van der Waals surface area contributed by atoms with Crippen LogP contribution < -0.4 is 10.1 Å². The molecule has 0 saturated heterocycles. The Bertz CT molecular complexity index is 453. The van der Waals surface area contributed by atoms with E-state index in [2.05, 4.69) is 5.32 Å². The minimum absolute atomic E-state index is 0.103. The number of nitrogens with one attached hydrogen (secondary N) is 1. The van der Waals surface area contributed by atoms with Crippen LogP contribution in [0.15, 0.2) is 18.2 Å². The molecule has 0 aromatic heterocycles. The molecule has 4 nitrogen and oxygen atoms in total. The molecular weight excluding hydrogens is 333 g/mol. The molecule has 1 aromatic rings. The summed E-state index contributed by atoms with van der Waals surface area (Å²) in [4.78, 5) is 0. The summed E-state index contributed by atoms with van der Waals surface area (Å²) >= 11 is 11.9. The van der Waals surface area contributed by atoms with Crippen molar-refractivity contribution in [1.82, 2.24) is 5.32 Å². The van der Waals surface area contributed by atoms with E-state index in [0.717, 1.165) is 6.42 Å². The van der Waals surface area contributed by atoms with Gasteiger partial charge in [0.05, 0.1) is 10.0 Å². The van der Waals surface area contributed by atoms with Gasteiger partial charge in [0.25, 0.3) is 0 Å². The van der Waals surface area contributed by atoms with Crippen molar-refractivity contribution in [2.45, 2.75) is 24.7 Å². The average Bonchev–Trinajstić information content (AvgIpc) is 2.42. The van der Waals surface area contributed by atoms with E-state index in [-0.39, 0.29) is 11.9 Å². The number of aliphatic hydroxyl groups excluding tert-OH is 1. The number of hydrogen-bond donors (Lipinski definition) is 2. The lowest BCUT2D eigenvalue weighted by Crippen LogP contribution is -2.33. The summed E-state index contributed by atoms with van der Waals surface area (Å²) < 4.78 is 16.6. The maximum atomic E-state index is 11.2. The Morgan fingerprint density at radius 3 is 2.57 bits per heavy atom. The molecule has 0 aliphatic rings. The molecule has 7 heteroatoms. The van der Waals surface area contributed by atoms with Gasteiger partial charge >= 0.3 is 0 Å². The molecule has 1 rings (SSSR count). The topological polar surface area (TPSA) is 58.6 Å². The molecule has 3 unspecified atom stereocenters. The highest BCUT2D eigenvalue weighted by molar-refractivity contribution is 7.84. The molecule has 0 amide bonds. The van der Waals surface area contributed by atoms with Gasteiger partial charge in [-0.25, -0.2) is 0 Å². The molecular formula is C14H21Cl2NO3S. The smallest absolute Gasteiger partial charge is 0.156 e.